The molecule has 1 saturated heterocycles. The largest absolute Gasteiger partial charge is 0.348 e. The Balaban J connectivity index is 1.40. The minimum Gasteiger partial charge on any atom is -0.348 e. The summed E-state index contributed by atoms with van der Waals surface area (Å²) in [6, 6.07) is 8.33. The third kappa shape index (κ3) is 4.78. The van der Waals surface area contributed by atoms with Gasteiger partial charge in [-0.1, -0.05) is 0 Å². The minimum absolute atomic E-state index is 0.0837. The summed E-state index contributed by atoms with van der Waals surface area (Å²) in [5, 5.41) is 12.8. The number of hydrogen-bond donors (Lipinski definition) is 0. The lowest BCUT2D eigenvalue weighted by Crippen LogP contribution is -2.39. The molecule has 0 unspecified atom stereocenters. The summed E-state index contributed by atoms with van der Waals surface area (Å²) < 4.78 is 52.6. The molecule has 3 aromatic rings. The van der Waals surface area contributed by atoms with Crippen LogP contribution in [-0.4, -0.2) is 36.7 Å². The molecule has 4 rings (SSSR count). The quantitative estimate of drug-likeness (QED) is 0.385. The van der Waals surface area contributed by atoms with Gasteiger partial charge in [-0.3, -0.25) is 10.1 Å². The lowest BCUT2D eigenvalue weighted by Gasteiger charge is -2.31. The van der Waals surface area contributed by atoms with Crippen LogP contribution in [0.4, 0.5) is 19.6 Å². The Labute approximate surface area is 187 Å². The molecule has 168 valence electrons. The highest BCUT2D eigenvalue weighted by Crippen LogP contribution is 2.30. The molecular weight excluding hydrogens is 460 g/mol. The van der Waals surface area contributed by atoms with Crippen LogP contribution in [0.25, 0.3) is 0 Å². The first-order valence-electron chi connectivity index (χ1n) is 9.85. The Kier molecular flexibility index (Phi) is 6.20. The van der Waals surface area contributed by atoms with E-state index in [1.807, 2.05) is 10.3 Å². The monoisotopic (exact) mass is 479 g/mol. The number of nitro benzene ring substituents is 1. The van der Waals surface area contributed by atoms with Crippen molar-refractivity contribution in [2.24, 2.45) is 0 Å². The van der Waals surface area contributed by atoms with Gasteiger partial charge in [-0.2, -0.15) is 0 Å². The number of anilines is 1. The molecule has 2 heterocycles. The van der Waals surface area contributed by atoms with Gasteiger partial charge in [0.2, 0.25) is 0 Å². The van der Waals surface area contributed by atoms with Gasteiger partial charge in [-0.15, -0.1) is 11.3 Å². The second kappa shape index (κ2) is 8.91. The van der Waals surface area contributed by atoms with E-state index in [-0.39, 0.29) is 10.6 Å². The maximum absolute atomic E-state index is 13.4. The summed E-state index contributed by atoms with van der Waals surface area (Å²) in [6.07, 6.45) is 1.11. The van der Waals surface area contributed by atoms with Gasteiger partial charge >= 0.3 is 0 Å². The van der Waals surface area contributed by atoms with Crippen molar-refractivity contribution in [3.63, 3.8) is 0 Å². The van der Waals surface area contributed by atoms with E-state index in [1.54, 1.807) is 0 Å². The SMILES string of the molecule is O=[N+]([O-])c1ccc(S(=O)(=O)C2CCN(c3nc(Cc4cc(F)cc(F)c4)cs3)CC2)cc1. The van der Waals surface area contributed by atoms with Crippen molar-refractivity contribution in [2.75, 3.05) is 18.0 Å². The van der Waals surface area contributed by atoms with Crippen molar-refractivity contribution in [1.29, 1.82) is 0 Å². The first kappa shape index (κ1) is 22.3. The van der Waals surface area contributed by atoms with E-state index >= 15 is 0 Å². The normalized spacial score (nSPS) is 15.1. The second-order valence-electron chi connectivity index (χ2n) is 7.56. The third-order valence-electron chi connectivity index (χ3n) is 5.37. The van der Waals surface area contributed by atoms with Gasteiger partial charge in [0.15, 0.2) is 15.0 Å². The van der Waals surface area contributed by atoms with Crippen LogP contribution in [0, 0.1) is 21.7 Å². The van der Waals surface area contributed by atoms with E-state index in [1.165, 1.54) is 47.7 Å². The molecule has 0 aliphatic carbocycles. The van der Waals surface area contributed by atoms with Crippen molar-refractivity contribution in [3.8, 4) is 0 Å². The van der Waals surface area contributed by atoms with E-state index < -0.39 is 31.6 Å². The molecule has 0 bridgehead atoms. The summed E-state index contributed by atoms with van der Waals surface area (Å²) >= 11 is 1.41. The average Bonchev–Trinajstić information content (AvgIpc) is 3.21. The van der Waals surface area contributed by atoms with Gasteiger partial charge in [-0.05, 0) is 42.7 Å². The fourth-order valence-electron chi connectivity index (χ4n) is 3.75. The topological polar surface area (TPSA) is 93.4 Å². The van der Waals surface area contributed by atoms with E-state index in [2.05, 4.69) is 4.98 Å². The molecule has 0 amide bonds. The molecule has 11 heteroatoms. The van der Waals surface area contributed by atoms with Crippen molar-refractivity contribution in [2.45, 2.75) is 29.4 Å². The van der Waals surface area contributed by atoms with Crippen LogP contribution in [-0.2, 0) is 16.3 Å². The van der Waals surface area contributed by atoms with Gasteiger partial charge in [0.25, 0.3) is 5.69 Å². The Morgan fingerprint density at radius 2 is 1.72 bits per heavy atom. The number of nitro groups is 1. The smallest absolute Gasteiger partial charge is 0.269 e. The maximum Gasteiger partial charge on any atom is 0.269 e. The lowest BCUT2D eigenvalue weighted by atomic mass is 10.1. The molecule has 2 aromatic carbocycles. The number of aromatic nitrogens is 1. The minimum atomic E-state index is -3.59. The molecule has 1 aliphatic heterocycles. The van der Waals surface area contributed by atoms with Gasteiger partial charge in [-0.25, -0.2) is 22.2 Å². The Bertz CT molecular complexity index is 1220. The van der Waals surface area contributed by atoms with E-state index in [4.69, 9.17) is 0 Å². The number of benzene rings is 2. The van der Waals surface area contributed by atoms with E-state index in [9.17, 15) is 27.3 Å². The van der Waals surface area contributed by atoms with Crippen molar-refractivity contribution in [1.82, 2.24) is 4.98 Å². The molecular formula is C21H19F2N3O4S2. The Hall–Kier alpha value is -2.92. The van der Waals surface area contributed by atoms with Crippen LogP contribution in [0.1, 0.15) is 24.1 Å². The molecule has 32 heavy (non-hydrogen) atoms. The average molecular weight is 480 g/mol. The molecule has 0 spiro atoms. The standard InChI is InChI=1S/C21H19F2N3O4S2/c22-15-9-14(10-16(23)12-15)11-17-13-31-21(24-17)25-7-5-20(6-8-25)32(29,30)19-3-1-18(2-4-19)26(27)28/h1-4,9-10,12-13,20H,5-8,11H2. The summed E-state index contributed by atoms with van der Waals surface area (Å²) in [6.45, 7) is 0.997. The molecule has 1 aliphatic rings. The van der Waals surface area contributed by atoms with Crippen LogP contribution in [0.3, 0.4) is 0 Å². The van der Waals surface area contributed by atoms with Crippen molar-refractivity contribution >= 4 is 32.0 Å². The zero-order valence-electron chi connectivity index (χ0n) is 16.8. The fraction of sp³-hybridized carbons (Fsp3) is 0.286. The first-order valence-corrected chi connectivity index (χ1v) is 12.3. The number of rotatable bonds is 6. The molecule has 0 radical (unpaired) electrons. The second-order valence-corrected chi connectivity index (χ2v) is 10.6. The zero-order valence-corrected chi connectivity index (χ0v) is 18.4. The highest BCUT2D eigenvalue weighted by Gasteiger charge is 2.32. The highest BCUT2D eigenvalue weighted by atomic mass is 32.2. The Morgan fingerprint density at radius 1 is 1.09 bits per heavy atom. The van der Waals surface area contributed by atoms with Gasteiger partial charge < -0.3 is 4.90 Å². The van der Waals surface area contributed by atoms with Crippen molar-refractivity contribution in [3.05, 3.63) is 80.9 Å². The predicted octanol–water partition coefficient (Wildman–Crippen LogP) is 4.36. The number of hydrogen-bond acceptors (Lipinski definition) is 7. The van der Waals surface area contributed by atoms with Gasteiger partial charge in [0.05, 0.1) is 20.8 Å². The van der Waals surface area contributed by atoms with E-state index in [0.29, 0.717) is 43.6 Å². The number of thiazole rings is 1. The molecule has 0 N–H and O–H groups in total. The number of nitrogens with zero attached hydrogens (tertiary/aromatic N) is 3. The zero-order chi connectivity index (χ0) is 22.9. The van der Waals surface area contributed by atoms with Gasteiger partial charge in [0, 0.05) is 43.1 Å². The highest BCUT2D eigenvalue weighted by molar-refractivity contribution is 7.92. The molecule has 0 atom stereocenters. The predicted molar refractivity (Wildman–Crippen MR) is 117 cm³/mol. The van der Waals surface area contributed by atoms with Crippen LogP contribution < -0.4 is 4.90 Å². The van der Waals surface area contributed by atoms with Crippen molar-refractivity contribution < 1.29 is 22.1 Å². The summed E-state index contributed by atoms with van der Waals surface area (Å²) in [4.78, 5) is 16.8. The molecule has 1 fully saturated rings. The van der Waals surface area contributed by atoms with Crippen LogP contribution in [0.5, 0.6) is 0 Å². The van der Waals surface area contributed by atoms with Crippen LogP contribution in [0.2, 0.25) is 0 Å². The molecule has 1 aromatic heterocycles. The molecule has 0 saturated carbocycles. The van der Waals surface area contributed by atoms with Crippen LogP contribution >= 0.6 is 11.3 Å². The number of non-ortho nitro benzene ring substituents is 1. The number of sulfone groups is 1. The van der Waals surface area contributed by atoms with Gasteiger partial charge in [0.1, 0.15) is 11.6 Å². The van der Waals surface area contributed by atoms with Crippen LogP contribution in [0.15, 0.2) is 52.7 Å². The maximum atomic E-state index is 13.4. The summed E-state index contributed by atoms with van der Waals surface area (Å²) in [7, 11) is -3.59. The Morgan fingerprint density at radius 3 is 2.31 bits per heavy atom. The molecule has 7 nitrogen and oxygen atoms in total. The third-order valence-corrected chi connectivity index (χ3v) is 8.60. The number of piperidine rings is 1. The van der Waals surface area contributed by atoms with E-state index in [0.717, 1.165) is 11.2 Å². The summed E-state index contributed by atoms with van der Waals surface area (Å²) in [5.41, 5.74) is 1.03. The number of halogens is 2. The first-order chi connectivity index (χ1) is 15.2. The lowest BCUT2D eigenvalue weighted by molar-refractivity contribution is -0.384. The fourth-order valence-corrected chi connectivity index (χ4v) is 6.36. The summed E-state index contributed by atoms with van der Waals surface area (Å²) in [5.74, 6) is -1.27.